The molecule has 1 fully saturated rings. The molecule has 2 heterocycles. The minimum Gasteiger partial charge on any atom is -0.472 e. The molecule has 2 rings (SSSR count). The van der Waals surface area contributed by atoms with Crippen molar-refractivity contribution in [2.24, 2.45) is 5.92 Å². The Morgan fingerprint density at radius 2 is 2.08 bits per heavy atom. The number of rotatable bonds is 8. The minimum absolute atomic E-state index is 0.0154. The van der Waals surface area contributed by atoms with Crippen molar-refractivity contribution in [1.29, 1.82) is 0 Å². The summed E-state index contributed by atoms with van der Waals surface area (Å²) in [5.41, 5.74) is 0.356. The number of hydrogen-bond donors (Lipinski definition) is 2. The number of furan rings is 1. The number of carbonyl (C=O) groups is 3. The summed E-state index contributed by atoms with van der Waals surface area (Å²) in [6.07, 6.45) is 4.31. The van der Waals surface area contributed by atoms with E-state index in [4.69, 9.17) is 9.15 Å². The van der Waals surface area contributed by atoms with Crippen LogP contribution in [0.3, 0.4) is 0 Å². The molecule has 1 aliphatic heterocycles. The average molecular weight is 350 g/mol. The Morgan fingerprint density at radius 1 is 1.32 bits per heavy atom. The van der Waals surface area contributed by atoms with Crippen LogP contribution in [0.25, 0.3) is 0 Å². The number of nitrogens with one attached hydrogen (secondary N) is 2. The first kappa shape index (κ1) is 19.2. The van der Waals surface area contributed by atoms with Gasteiger partial charge >= 0.3 is 0 Å². The van der Waals surface area contributed by atoms with Gasteiger partial charge in [-0.2, -0.15) is 0 Å². The van der Waals surface area contributed by atoms with Gasteiger partial charge in [0.15, 0.2) is 5.78 Å². The Morgan fingerprint density at radius 3 is 2.68 bits per heavy atom. The predicted octanol–water partition coefficient (Wildman–Crippen LogP) is 1.68. The quantitative estimate of drug-likeness (QED) is 0.743. The third kappa shape index (κ3) is 5.16. The predicted molar refractivity (Wildman–Crippen MR) is 91.0 cm³/mol. The van der Waals surface area contributed by atoms with Crippen LogP contribution in [0.5, 0.6) is 0 Å². The van der Waals surface area contributed by atoms with Crippen molar-refractivity contribution in [3.8, 4) is 0 Å². The van der Waals surface area contributed by atoms with Gasteiger partial charge in [0.05, 0.1) is 17.9 Å². The van der Waals surface area contributed by atoms with Crippen LogP contribution in [0, 0.1) is 5.92 Å². The normalized spacial score (nSPS) is 21.4. The molecule has 7 nitrogen and oxygen atoms in total. The van der Waals surface area contributed by atoms with Gasteiger partial charge in [-0.3, -0.25) is 14.4 Å². The Hall–Kier alpha value is -2.15. The van der Waals surface area contributed by atoms with E-state index in [0.717, 1.165) is 6.42 Å². The second-order valence-electron chi connectivity index (χ2n) is 6.72. The molecule has 138 valence electrons. The minimum atomic E-state index is -0.712. The van der Waals surface area contributed by atoms with E-state index in [1.807, 2.05) is 20.8 Å². The van der Waals surface area contributed by atoms with Crippen molar-refractivity contribution in [1.82, 2.24) is 10.6 Å². The molecule has 1 aliphatic rings. The molecule has 2 N–H and O–H groups in total. The Balaban J connectivity index is 2.04. The largest absolute Gasteiger partial charge is 0.472 e. The molecule has 3 unspecified atom stereocenters. The number of carbonyl (C=O) groups excluding carboxylic acids is 3. The molecule has 1 aromatic rings. The maximum Gasteiger partial charge on any atom is 0.255 e. The van der Waals surface area contributed by atoms with Crippen LogP contribution >= 0.6 is 0 Å². The molecule has 7 heteroatoms. The van der Waals surface area contributed by atoms with E-state index in [1.165, 1.54) is 18.6 Å². The summed E-state index contributed by atoms with van der Waals surface area (Å²) in [6.45, 7) is 6.02. The molecule has 25 heavy (non-hydrogen) atoms. The average Bonchev–Trinajstić information content (AvgIpc) is 3.22. The summed E-state index contributed by atoms with van der Waals surface area (Å²) < 4.78 is 10.3. The van der Waals surface area contributed by atoms with E-state index in [-0.39, 0.29) is 30.3 Å². The molecule has 3 atom stereocenters. The van der Waals surface area contributed by atoms with Gasteiger partial charge < -0.3 is 19.8 Å². The van der Waals surface area contributed by atoms with Crippen LogP contribution in [0.1, 0.15) is 50.4 Å². The summed E-state index contributed by atoms with van der Waals surface area (Å²) >= 11 is 0. The van der Waals surface area contributed by atoms with Crippen LogP contribution in [-0.4, -0.2) is 42.4 Å². The standard InChI is InChI=1S/C18H26N2O5/c1-4-15-16(14(21)10-25-15)20-18(23)13(6-5-11(2)3)19-17(22)12-7-8-24-9-12/h7-9,11,13,15-16H,4-6,10H2,1-3H3,(H,19,22)(H,20,23). The molecule has 2 amide bonds. The zero-order valence-corrected chi connectivity index (χ0v) is 14.9. The first-order chi connectivity index (χ1) is 11.9. The van der Waals surface area contributed by atoms with Gasteiger partial charge in [-0.05, 0) is 31.2 Å². The number of ether oxygens (including phenoxy) is 1. The van der Waals surface area contributed by atoms with E-state index in [9.17, 15) is 14.4 Å². The van der Waals surface area contributed by atoms with Gasteiger partial charge in [-0.1, -0.05) is 20.8 Å². The van der Waals surface area contributed by atoms with Crippen LogP contribution in [0.2, 0.25) is 0 Å². The highest BCUT2D eigenvalue weighted by Crippen LogP contribution is 2.15. The fraction of sp³-hybridized carbons (Fsp3) is 0.611. The lowest BCUT2D eigenvalue weighted by atomic mass is 10.0. The van der Waals surface area contributed by atoms with E-state index < -0.39 is 12.1 Å². The molecule has 0 saturated carbocycles. The highest BCUT2D eigenvalue weighted by Gasteiger charge is 2.37. The van der Waals surface area contributed by atoms with Crippen LogP contribution in [0.4, 0.5) is 0 Å². The molecule has 0 spiro atoms. The highest BCUT2D eigenvalue weighted by atomic mass is 16.5. The molecular formula is C18H26N2O5. The lowest BCUT2D eigenvalue weighted by Gasteiger charge is -2.23. The molecule has 0 radical (unpaired) electrons. The Labute approximate surface area is 147 Å². The lowest BCUT2D eigenvalue weighted by molar-refractivity contribution is -0.127. The van der Waals surface area contributed by atoms with Gasteiger partial charge in [0, 0.05) is 0 Å². The third-order valence-electron chi connectivity index (χ3n) is 4.30. The van der Waals surface area contributed by atoms with Gasteiger partial charge in [0.1, 0.15) is 25.0 Å². The van der Waals surface area contributed by atoms with Crippen LogP contribution in [0.15, 0.2) is 23.0 Å². The Bertz CT molecular complexity index is 597. The first-order valence-corrected chi connectivity index (χ1v) is 8.70. The summed E-state index contributed by atoms with van der Waals surface area (Å²) in [4.78, 5) is 36.8. The van der Waals surface area contributed by atoms with Crippen molar-refractivity contribution in [2.45, 2.75) is 58.2 Å². The van der Waals surface area contributed by atoms with E-state index >= 15 is 0 Å². The summed E-state index contributed by atoms with van der Waals surface area (Å²) in [5, 5.41) is 5.49. The van der Waals surface area contributed by atoms with Crippen LogP contribution < -0.4 is 10.6 Å². The molecule has 1 aromatic heterocycles. The van der Waals surface area contributed by atoms with E-state index in [1.54, 1.807) is 0 Å². The topological polar surface area (TPSA) is 97.6 Å². The second kappa shape index (κ2) is 8.80. The maximum atomic E-state index is 12.7. The van der Waals surface area contributed by atoms with Crippen molar-refractivity contribution in [2.75, 3.05) is 6.61 Å². The van der Waals surface area contributed by atoms with Crippen molar-refractivity contribution < 1.29 is 23.5 Å². The molecule has 1 saturated heterocycles. The van der Waals surface area contributed by atoms with Crippen molar-refractivity contribution in [3.63, 3.8) is 0 Å². The van der Waals surface area contributed by atoms with E-state index in [2.05, 4.69) is 10.6 Å². The second-order valence-corrected chi connectivity index (χ2v) is 6.72. The highest BCUT2D eigenvalue weighted by molar-refractivity contribution is 5.98. The van der Waals surface area contributed by atoms with Crippen molar-refractivity contribution in [3.05, 3.63) is 24.2 Å². The zero-order valence-electron chi connectivity index (χ0n) is 14.9. The molecule has 0 aliphatic carbocycles. The van der Waals surface area contributed by atoms with E-state index in [0.29, 0.717) is 24.3 Å². The lowest BCUT2D eigenvalue weighted by Crippen LogP contribution is -2.53. The molecule has 0 bridgehead atoms. The number of ketones is 1. The van der Waals surface area contributed by atoms with Gasteiger partial charge in [0.2, 0.25) is 5.91 Å². The monoisotopic (exact) mass is 350 g/mol. The van der Waals surface area contributed by atoms with Gasteiger partial charge in [0.25, 0.3) is 5.91 Å². The summed E-state index contributed by atoms with van der Waals surface area (Å²) in [6, 6.07) is 0.175. The SMILES string of the molecule is CCC1OCC(=O)C1NC(=O)C(CCC(C)C)NC(=O)c1ccoc1. The van der Waals surface area contributed by atoms with Crippen LogP contribution in [-0.2, 0) is 14.3 Å². The number of amides is 2. The smallest absolute Gasteiger partial charge is 0.255 e. The maximum absolute atomic E-state index is 12.7. The summed E-state index contributed by atoms with van der Waals surface area (Å²) in [5.74, 6) is -0.483. The zero-order chi connectivity index (χ0) is 18.4. The summed E-state index contributed by atoms with van der Waals surface area (Å²) in [7, 11) is 0. The molecular weight excluding hydrogens is 324 g/mol. The Kier molecular flexibility index (Phi) is 6.75. The fourth-order valence-electron chi connectivity index (χ4n) is 2.77. The van der Waals surface area contributed by atoms with Gasteiger partial charge in [-0.25, -0.2) is 0 Å². The third-order valence-corrected chi connectivity index (χ3v) is 4.30. The fourth-order valence-corrected chi connectivity index (χ4v) is 2.77. The van der Waals surface area contributed by atoms with Crippen molar-refractivity contribution >= 4 is 17.6 Å². The number of Topliss-reactive ketones (excluding diaryl/α,β-unsaturated/α-hetero) is 1. The molecule has 0 aromatic carbocycles. The van der Waals surface area contributed by atoms with Gasteiger partial charge in [-0.15, -0.1) is 0 Å². The number of hydrogen-bond acceptors (Lipinski definition) is 5. The first-order valence-electron chi connectivity index (χ1n) is 8.70.